The monoisotopic (exact) mass is 742 g/mol. The molecule has 0 unspecified atom stereocenters. The lowest BCUT2D eigenvalue weighted by atomic mass is 9.81. The maximum Gasteiger partial charge on any atom is 0.160 e. The van der Waals surface area contributed by atoms with Gasteiger partial charge in [-0.15, -0.1) is 0 Å². The van der Waals surface area contributed by atoms with Crippen LogP contribution in [0.25, 0.3) is 89.2 Å². The van der Waals surface area contributed by atoms with E-state index in [1.165, 1.54) is 77.5 Å². The van der Waals surface area contributed by atoms with Gasteiger partial charge in [0.15, 0.2) is 5.82 Å². The molecule has 0 saturated heterocycles. The van der Waals surface area contributed by atoms with Crippen LogP contribution in [0.1, 0.15) is 49.9 Å². The molecule has 2 nitrogen and oxygen atoms in total. The number of rotatable bonds is 5. The van der Waals surface area contributed by atoms with Gasteiger partial charge in [-0.3, -0.25) is 0 Å². The lowest BCUT2D eigenvalue weighted by Crippen LogP contribution is -2.14. The summed E-state index contributed by atoms with van der Waals surface area (Å²) in [5.74, 6) is 0.716. The molecule has 9 aromatic rings. The van der Waals surface area contributed by atoms with Gasteiger partial charge in [-0.1, -0.05) is 185 Å². The Kier molecular flexibility index (Phi) is 7.59. The van der Waals surface area contributed by atoms with E-state index in [0.29, 0.717) is 5.82 Å². The summed E-state index contributed by atoms with van der Waals surface area (Å²) in [5, 5.41) is 2.56. The molecule has 0 amide bonds. The molecule has 0 saturated carbocycles. The minimum Gasteiger partial charge on any atom is -0.228 e. The predicted molar refractivity (Wildman–Crippen MR) is 242 cm³/mol. The van der Waals surface area contributed by atoms with Crippen LogP contribution in [0.3, 0.4) is 0 Å². The molecule has 0 radical (unpaired) electrons. The Morgan fingerprint density at radius 3 is 1.55 bits per heavy atom. The largest absolute Gasteiger partial charge is 0.228 e. The van der Waals surface area contributed by atoms with E-state index in [-0.39, 0.29) is 10.8 Å². The minimum atomic E-state index is -0.0846. The fraction of sp³-hybridized carbons (Fsp3) is 0.107. The zero-order valence-electron chi connectivity index (χ0n) is 33.2. The Morgan fingerprint density at radius 2 is 0.828 bits per heavy atom. The summed E-state index contributed by atoms with van der Waals surface area (Å²) in [4.78, 5) is 10.3. The van der Waals surface area contributed by atoms with Crippen molar-refractivity contribution in [3.05, 3.63) is 204 Å². The van der Waals surface area contributed by atoms with Crippen molar-refractivity contribution in [1.82, 2.24) is 9.97 Å². The summed E-state index contributed by atoms with van der Waals surface area (Å²) >= 11 is 0. The second-order valence-corrected chi connectivity index (χ2v) is 17.0. The fourth-order valence-electron chi connectivity index (χ4n) is 9.71. The third-order valence-electron chi connectivity index (χ3n) is 12.9. The van der Waals surface area contributed by atoms with Crippen molar-refractivity contribution >= 4 is 10.8 Å². The van der Waals surface area contributed by atoms with Crippen molar-refractivity contribution in [3.63, 3.8) is 0 Å². The molecule has 0 aliphatic heterocycles. The van der Waals surface area contributed by atoms with Gasteiger partial charge in [0.2, 0.25) is 0 Å². The van der Waals surface area contributed by atoms with Crippen LogP contribution in [0.4, 0.5) is 0 Å². The first-order valence-electron chi connectivity index (χ1n) is 20.3. The minimum absolute atomic E-state index is 0.0376. The van der Waals surface area contributed by atoms with Gasteiger partial charge in [0.25, 0.3) is 0 Å². The van der Waals surface area contributed by atoms with Crippen LogP contribution >= 0.6 is 0 Å². The maximum atomic E-state index is 5.16. The molecule has 0 spiro atoms. The van der Waals surface area contributed by atoms with Gasteiger partial charge in [-0.2, -0.15) is 0 Å². The molecule has 0 fully saturated rings. The third kappa shape index (κ3) is 5.32. The zero-order chi connectivity index (χ0) is 39.2. The molecule has 276 valence electrons. The highest BCUT2D eigenvalue weighted by Crippen LogP contribution is 2.53. The second kappa shape index (κ2) is 12.8. The third-order valence-corrected chi connectivity index (χ3v) is 12.9. The molecule has 2 heteroatoms. The van der Waals surface area contributed by atoms with Crippen LogP contribution in [0, 0.1) is 0 Å². The molecular weight excluding hydrogens is 701 g/mol. The SMILES string of the molecule is CC1(C)c2ccccc2-c2ccc(-c3ccc(-c4cc(-c5ccc(-c6cccc7c6-c6cc8ccccc8cc6C7(C)C)cc5)nc(-c5ccccc5)n4)cc3)cc21. The zero-order valence-corrected chi connectivity index (χ0v) is 33.2. The number of hydrogen-bond acceptors (Lipinski definition) is 2. The van der Waals surface area contributed by atoms with E-state index in [4.69, 9.17) is 9.97 Å². The van der Waals surface area contributed by atoms with Gasteiger partial charge >= 0.3 is 0 Å². The Labute approximate surface area is 340 Å². The summed E-state index contributed by atoms with van der Waals surface area (Å²) in [6.45, 7) is 9.39. The fourth-order valence-corrected chi connectivity index (χ4v) is 9.71. The maximum absolute atomic E-state index is 5.16. The van der Waals surface area contributed by atoms with E-state index in [9.17, 15) is 0 Å². The van der Waals surface area contributed by atoms with Crippen molar-refractivity contribution in [2.45, 2.75) is 38.5 Å². The van der Waals surface area contributed by atoms with Crippen molar-refractivity contribution in [2.75, 3.05) is 0 Å². The molecule has 0 atom stereocenters. The van der Waals surface area contributed by atoms with Crippen LogP contribution in [-0.2, 0) is 10.8 Å². The normalized spacial score (nSPS) is 14.1. The Morgan fingerprint density at radius 1 is 0.310 bits per heavy atom. The van der Waals surface area contributed by atoms with E-state index in [0.717, 1.165) is 28.1 Å². The van der Waals surface area contributed by atoms with Crippen LogP contribution in [0.2, 0.25) is 0 Å². The molecule has 11 rings (SSSR count). The van der Waals surface area contributed by atoms with Crippen molar-refractivity contribution in [3.8, 4) is 78.4 Å². The lowest BCUT2D eigenvalue weighted by molar-refractivity contribution is 0.660. The van der Waals surface area contributed by atoms with E-state index in [1.807, 2.05) is 18.2 Å². The smallest absolute Gasteiger partial charge is 0.160 e. The molecule has 0 N–H and O–H groups in total. The van der Waals surface area contributed by atoms with Gasteiger partial charge in [-0.25, -0.2) is 9.97 Å². The highest BCUT2D eigenvalue weighted by molar-refractivity contribution is 5.98. The predicted octanol–water partition coefficient (Wildman–Crippen LogP) is 14.6. The molecule has 2 aliphatic rings. The van der Waals surface area contributed by atoms with Gasteiger partial charge in [0, 0.05) is 27.5 Å². The summed E-state index contributed by atoms with van der Waals surface area (Å²) in [6.07, 6.45) is 0. The van der Waals surface area contributed by atoms with E-state index in [2.05, 4.69) is 191 Å². The molecule has 1 heterocycles. The summed E-state index contributed by atoms with van der Waals surface area (Å²) in [7, 11) is 0. The van der Waals surface area contributed by atoms with Crippen LogP contribution in [0.5, 0.6) is 0 Å². The van der Waals surface area contributed by atoms with Gasteiger partial charge in [0.1, 0.15) is 0 Å². The van der Waals surface area contributed by atoms with Gasteiger partial charge in [-0.05, 0) is 102 Å². The molecule has 1 aromatic heterocycles. The van der Waals surface area contributed by atoms with E-state index < -0.39 is 0 Å². The van der Waals surface area contributed by atoms with Gasteiger partial charge in [0.05, 0.1) is 11.4 Å². The molecule has 8 aromatic carbocycles. The van der Waals surface area contributed by atoms with E-state index >= 15 is 0 Å². The molecule has 0 bridgehead atoms. The highest BCUT2D eigenvalue weighted by atomic mass is 14.9. The molecule has 58 heavy (non-hydrogen) atoms. The van der Waals surface area contributed by atoms with E-state index in [1.54, 1.807) is 0 Å². The average molecular weight is 743 g/mol. The van der Waals surface area contributed by atoms with Crippen LogP contribution in [0.15, 0.2) is 182 Å². The van der Waals surface area contributed by atoms with Crippen molar-refractivity contribution in [1.29, 1.82) is 0 Å². The first kappa shape index (κ1) is 34.4. The number of nitrogens with zero attached hydrogens (tertiary/aromatic N) is 2. The van der Waals surface area contributed by atoms with Crippen molar-refractivity contribution in [2.24, 2.45) is 0 Å². The van der Waals surface area contributed by atoms with Crippen LogP contribution in [-0.4, -0.2) is 9.97 Å². The standard InChI is InChI=1S/C56H42N2/c1-55(2)47-19-11-10-17-44(47)45-30-29-42(33-49(45)55)35-21-25-37(26-22-35)51-34-52(58-54(57-51)39-13-6-5-7-14-39)38-27-23-36(24-28-38)43-18-12-20-48-53(43)46-31-40-15-8-9-16-41(40)32-50(46)56(48,3)4/h5-34H,1-4H3. The highest BCUT2D eigenvalue weighted by Gasteiger charge is 2.37. The second-order valence-electron chi connectivity index (χ2n) is 17.0. The van der Waals surface area contributed by atoms with Crippen LogP contribution < -0.4 is 0 Å². The molecular formula is C56H42N2. The summed E-state index contributed by atoms with van der Waals surface area (Å²) in [6, 6.07) is 66.3. The lowest BCUT2D eigenvalue weighted by Gasteiger charge is -2.22. The first-order chi connectivity index (χ1) is 28.2. The summed E-state index contributed by atoms with van der Waals surface area (Å²) in [5.41, 5.74) is 20.6. The summed E-state index contributed by atoms with van der Waals surface area (Å²) < 4.78 is 0. The number of aromatic nitrogens is 2. The average Bonchev–Trinajstić information content (AvgIpc) is 3.64. The Hall–Kier alpha value is -6.90. The number of fused-ring (bicyclic) bond motifs is 7. The topological polar surface area (TPSA) is 25.8 Å². The Bertz CT molecular complexity index is 3080. The molecule has 2 aliphatic carbocycles. The quantitative estimate of drug-likeness (QED) is 0.175. The first-order valence-corrected chi connectivity index (χ1v) is 20.3. The van der Waals surface area contributed by atoms with Crippen molar-refractivity contribution < 1.29 is 0 Å². The Balaban J connectivity index is 0.957. The van der Waals surface area contributed by atoms with Gasteiger partial charge < -0.3 is 0 Å². The number of benzene rings is 8. The number of hydrogen-bond donors (Lipinski definition) is 0.